The molecule has 7 heteroatoms. The van der Waals surface area contributed by atoms with Gasteiger partial charge in [-0.1, -0.05) is 78.9 Å². The molecule has 5 aromatic carbocycles. The second-order valence-electron chi connectivity index (χ2n) is 9.86. The molecule has 0 saturated carbocycles. The van der Waals surface area contributed by atoms with Gasteiger partial charge >= 0.3 is 0 Å². The first-order valence-electron chi connectivity index (χ1n) is 13.1. The molecule has 186 valence electrons. The minimum atomic E-state index is 0.547. The quantitative estimate of drug-likeness (QED) is 0.230. The van der Waals surface area contributed by atoms with Gasteiger partial charge in [-0.05, 0) is 35.0 Å². The van der Waals surface area contributed by atoms with Crippen molar-refractivity contribution in [3.05, 3.63) is 116 Å². The lowest BCUT2D eigenvalue weighted by atomic mass is 10.0. The number of aromatic nitrogens is 7. The van der Waals surface area contributed by atoms with Crippen LogP contribution in [0.1, 0.15) is 0 Å². The molecule has 9 rings (SSSR count). The van der Waals surface area contributed by atoms with Gasteiger partial charge in [0.05, 0.1) is 22.1 Å². The highest BCUT2D eigenvalue weighted by Gasteiger charge is 2.20. The summed E-state index contributed by atoms with van der Waals surface area (Å²) >= 11 is 0. The number of rotatable bonds is 2. The van der Waals surface area contributed by atoms with Crippen LogP contribution in [0.2, 0.25) is 0 Å². The summed E-state index contributed by atoms with van der Waals surface area (Å²) in [5, 5.41) is 4.06. The highest BCUT2D eigenvalue weighted by atomic mass is 15.3. The molecule has 0 unspecified atom stereocenters. The van der Waals surface area contributed by atoms with Crippen molar-refractivity contribution >= 4 is 60.4 Å². The molecule has 0 bridgehead atoms. The average Bonchev–Trinajstić information content (AvgIpc) is 3.56. The van der Waals surface area contributed by atoms with E-state index in [1.54, 1.807) is 0 Å². The maximum Gasteiger partial charge on any atom is 0.237 e. The fourth-order valence-corrected chi connectivity index (χ4v) is 5.84. The van der Waals surface area contributed by atoms with Crippen molar-refractivity contribution in [3.63, 3.8) is 0 Å². The summed E-state index contributed by atoms with van der Waals surface area (Å²) in [4.78, 5) is 24.9. The Bertz CT molecular complexity index is 2440. The zero-order valence-electron chi connectivity index (χ0n) is 21.1. The van der Waals surface area contributed by atoms with Crippen molar-refractivity contribution in [2.75, 3.05) is 0 Å². The normalized spacial score (nSPS) is 12.0. The Morgan fingerprint density at radius 1 is 0.475 bits per heavy atom. The van der Waals surface area contributed by atoms with E-state index in [4.69, 9.17) is 24.9 Å². The van der Waals surface area contributed by atoms with E-state index in [1.807, 2.05) is 89.8 Å². The van der Waals surface area contributed by atoms with Crippen LogP contribution in [-0.4, -0.2) is 33.9 Å². The van der Waals surface area contributed by atoms with Gasteiger partial charge in [0.15, 0.2) is 5.82 Å². The zero-order chi connectivity index (χ0) is 26.2. The molecule has 0 spiro atoms. The smallest absolute Gasteiger partial charge is 0.237 e. The highest BCUT2D eigenvalue weighted by molar-refractivity contribution is 6.22. The van der Waals surface area contributed by atoms with Crippen molar-refractivity contribution in [3.8, 4) is 17.3 Å². The second kappa shape index (κ2) is 7.91. The average molecular weight is 514 g/mol. The van der Waals surface area contributed by atoms with Crippen LogP contribution >= 0.6 is 0 Å². The number of hydrogen-bond acceptors (Lipinski definition) is 5. The van der Waals surface area contributed by atoms with E-state index in [0.717, 1.165) is 66.0 Å². The fraction of sp³-hybridized carbons (Fsp3) is 0. The summed E-state index contributed by atoms with van der Waals surface area (Å²) < 4.78 is 4.21. The number of para-hydroxylation sites is 4. The predicted molar refractivity (Wildman–Crippen MR) is 159 cm³/mol. The lowest BCUT2D eigenvalue weighted by Gasteiger charge is -2.11. The van der Waals surface area contributed by atoms with E-state index >= 15 is 0 Å². The molecule has 0 fully saturated rings. The van der Waals surface area contributed by atoms with Crippen LogP contribution < -0.4 is 0 Å². The minimum Gasteiger partial charge on any atom is -0.276 e. The van der Waals surface area contributed by atoms with Gasteiger partial charge in [-0.15, -0.1) is 0 Å². The third-order valence-electron chi connectivity index (χ3n) is 7.64. The van der Waals surface area contributed by atoms with E-state index in [1.165, 1.54) is 0 Å². The number of imidazole rings is 2. The number of fused-ring (bicyclic) bond motifs is 11. The summed E-state index contributed by atoms with van der Waals surface area (Å²) in [6, 6.07) is 34.8. The molecule has 0 aliphatic heterocycles. The molecule has 0 atom stereocenters. The standard InChI is InChI=1S/C33H19N7/c1-2-10-20(11-3-1)31-34-18-23-21-12-4-5-13-22(21)24-19-35-32(38-30(24)29(23)37-31)40-28-17-9-8-16-27(28)39-26-15-7-6-14-25(26)36-33(39)40/h1-19H. The number of nitrogens with zero attached hydrogens (tertiary/aromatic N) is 7. The van der Waals surface area contributed by atoms with Crippen LogP contribution in [0.25, 0.3) is 77.8 Å². The van der Waals surface area contributed by atoms with Gasteiger partial charge < -0.3 is 0 Å². The van der Waals surface area contributed by atoms with E-state index in [0.29, 0.717) is 11.8 Å². The molecule has 7 nitrogen and oxygen atoms in total. The summed E-state index contributed by atoms with van der Waals surface area (Å²) in [5.74, 6) is 1.98. The van der Waals surface area contributed by atoms with E-state index in [-0.39, 0.29) is 0 Å². The highest BCUT2D eigenvalue weighted by Crippen LogP contribution is 2.35. The number of benzene rings is 5. The molecular weight excluding hydrogens is 494 g/mol. The molecule has 0 saturated heterocycles. The van der Waals surface area contributed by atoms with Crippen molar-refractivity contribution in [2.24, 2.45) is 0 Å². The van der Waals surface area contributed by atoms with Crippen molar-refractivity contribution < 1.29 is 0 Å². The third-order valence-corrected chi connectivity index (χ3v) is 7.64. The molecule has 9 aromatic rings. The van der Waals surface area contributed by atoms with Gasteiger partial charge in [0.1, 0.15) is 11.0 Å². The van der Waals surface area contributed by atoms with Gasteiger partial charge in [0.2, 0.25) is 11.7 Å². The Morgan fingerprint density at radius 3 is 1.90 bits per heavy atom. The Balaban J connectivity index is 1.42. The molecule has 0 aliphatic rings. The molecule has 4 aromatic heterocycles. The van der Waals surface area contributed by atoms with Gasteiger partial charge in [-0.3, -0.25) is 4.40 Å². The van der Waals surface area contributed by atoms with Gasteiger partial charge in [0, 0.05) is 28.7 Å². The second-order valence-corrected chi connectivity index (χ2v) is 9.86. The van der Waals surface area contributed by atoms with Gasteiger partial charge in [-0.25, -0.2) is 29.5 Å². The van der Waals surface area contributed by atoms with Gasteiger partial charge in [0.25, 0.3) is 0 Å². The van der Waals surface area contributed by atoms with Crippen LogP contribution in [0.5, 0.6) is 0 Å². The third kappa shape index (κ3) is 2.86. The molecule has 0 N–H and O–H groups in total. The Hall–Kier alpha value is -5.69. The van der Waals surface area contributed by atoms with Crippen molar-refractivity contribution in [1.82, 2.24) is 33.9 Å². The molecule has 0 aliphatic carbocycles. The molecule has 40 heavy (non-hydrogen) atoms. The Morgan fingerprint density at radius 2 is 1.10 bits per heavy atom. The van der Waals surface area contributed by atoms with Crippen molar-refractivity contribution in [2.45, 2.75) is 0 Å². The molecule has 4 heterocycles. The summed E-state index contributed by atoms with van der Waals surface area (Å²) in [5.41, 5.74) is 6.55. The van der Waals surface area contributed by atoms with Crippen LogP contribution in [0.4, 0.5) is 0 Å². The van der Waals surface area contributed by atoms with Crippen LogP contribution in [0.15, 0.2) is 116 Å². The maximum atomic E-state index is 5.21. The Kier molecular flexibility index (Phi) is 4.20. The lowest BCUT2D eigenvalue weighted by Crippen LogP contribution is -2.03. The summed E-state index contributed by atoms with van der Waals surface area (Å²) in [7, 11) is 0. The van der Waals surface area contributed by atoms with E-state index in [9.17, 15) is 0 Å². The Labute approximate surface area is 227 Å². The molecule has 0 amide bonds. The van der Waals surface area contributed by atoms with Crippen LogP contribution in [0.3, 0.4) is 0 Å². The van der Waals surface area contributed by atoms with Crippen molar-refractivity contribution in [1.29, 1.82) is 0 Å². The summed E-state index contributed by atoms with van der Waals surface area (Å²) in [6.45, 7) is 0. The van der Waals surface area contributed by atoms with Crippen LogP contribution in [-0.2, 0) is 0 Å². The van der Waals surface area contributed by atoms with E-state index in [2.05, 4.69) is 34.7 Å². The lowest BCUT2D eigenvalue weighted by molar-refractivity contribution is 0.985. The molecule has 0 radical (unpaired) electrons. The maximum absolute atomic E-state index is 5.21. The largest absolute Gasteiger partial charge is 0.276 e. The topological polar surface area (TPSA) is 73.8 Å². The van der Waals surface area contributed by atoms with E-state index < -0.39 is 0 Å². The SMILES string of the molecule is c1ccc(-c2ncc3c4ccccc4c4cnc(-n5c6ccccc6n6c7ccccc7nc56)nc4c3n2)cc1. The first-order chi connectivity index (χ1) is 19.8. The fourth-order valence-electron chi connectivity index (χ4n) is 5.84. The van der Waals surface area contributed by atoms with Gasteiger partial charge in [-0.2, -0.15) is 0 Å². The summed E-state index contributed by atoms with van der Waals surface area (Å²) in [6.07, 6.45) is 3.83. The first-order valence-corrected chi connectivity index (χ1v) is 13.1. The zero-order valence-corrected chi connectivity index (χ0v) is 21.1. The monoisotopic (exact) mass is 513 g/mol. The number of hydrogen-bond donors (Lipinski definition) is 0. The minimum absolute atomic E-state index is 0.547. The molecular formula is C33H19N7. The first kappa shape index (κ1) is 21.3. The predicted octanol–water partition coefficient (Wildman–Crippen LogP) is 7.14. The van der Waals surface area contributed by atoms with Crippen LogP contribution in [0, 0.1) is 0 Å².